The molecule has 19 heavy (non-hydrogen) atoms. The summed E-state index contributed by atoms with van der Waals surface area (Å²) < 4.78 is 10.5. The highest BCUT2D eigenvalue weighted by molar-refractivity contribution is 5.80. The van der Waals surface area contributed by atoms with Crippen molar-refractivity contribution >= 4 is 5.91 Å². The maximum atomic E-state index is 11.7. The lowest BCUT2D eigenvalue weighted by Gasteiger charge is -2.20. The number of amides is 1. The van der Waals surface area contributed by atoms with Gasteiger partial charge in [0, 0.05) is 6.54 Å². The zero-order chi connectivity index (χ0) is 14.5. The molecule has 2 N–H and O–H groups in total. The predicted molar refractivity (Wildman–Crippen MR) is 72.4 cm³/mol. The van der Waals surface area contributed by atoms with Gasteiger partial charge >= 0.3 is 0 Å². The van der Waals surface area contributed by atoms with Gasteiger partial charge in [0.1, 0.15) is 11.5 Å². The molecule has 0 aromatic heterocycles. The molecule has 0 fully saturated rings. The number of carbonyl (C=O) groups excluding carboxylic acids is 1. The van der Waals surface area contributed by atoms with Gasteiger partial charge in [-0.2, -0.15) is 0 Å². The molecule has 0 saturated heterocycles. The third kappa shape index (κ3) is 5.61. The van der Waals surface area contributed by atoms with E-state index in [1.54, 1.807) is 52.1 Å². The van der Waals surface area contributed by atoms with E-state index in [-0.39, 0.29) is 12.5 Å². The minimum atomic E-state index is -0.935. The van der Waals surface area contributed by atoms with Crippen molar-refractivity contribution in [3.63, 3.8) is 0 Å². The Labute approximate surface area is 113 Å². The summed E-state index contributed by atoms with van der Waals surface area (Å²) in [5.74, 6) is 1.05. The quantitative estimate of drug-likeness (QED) is 0.816. The first-order valence-electron chi connectivity index (χ1n) is 6.12. The SMILES string of the molecule is COc1ccc(OC(C)C(=O)NCC(C)(C)O)cc1. The number of benzene rings is 1. The topological polar surface area (TPSA) is 67.8 Å². The highest BCUT2D eigenvalue weighted by Crippen LogP contribution is 2.18. The fourth-order valence-electron chi connectivity index (χ4n) is 1.36. The van der Waals surface area contributed by atoms with Crippen LogP contribution in [0.5, 0.6) is 11.5 Å². The first kappa shape index (κ1) is 15.3. The standard InChI is InChI=1S/C14H21NO4/c1-10(13(16)15-9-14(2,3)17)19-12-7-5-11(18-4)6-8-12/h5-8,10,17H,9H2,1-4H3,(H,15,16). The predicted octanol–water partition coefficient (Wildman–Crippen LogP) is 1.35. The summed E-state index contributed by atoms with van der Waals surface area (Å²) >= 11 is 0. The number of hydrogen-bond donors (Lipinski definition) is 2. The molecule has 1 rings (SSSR count). The largest absolute Gasteiger partial charge is 0.497 e. The first-order chi connectivity index (χ1) is 8.81. The van der Waals surface area contributed by atoms with Crippen LogP contribution in [0.1, 0.15) is 20.8 Å². The third-order valence-corrected chi connectivity index (χ3v) is 2.44. The van der Waals surface area contributed by atoms with Crippen molar-refractivity contribution in [1.82, 2.24) is 5.32 Å². The Morgan fingerprint density at radius 2 is 1.84 bits per heavy atom. The maximum Gasteiger partial charge on any atom is 0.260 e. The van der Waals surface area contributed by atoms with E-state index in [0.29, 0.717) is 5.75 Å². The van der Waals surface area contributed by atoms with Crippen molar-refractivity contribution in [2.24, 2.45) is 0 Å². The Bertz CT molecular complexity index is 408. The minimum Gasteiger partial charge on any atom is -0.497 e. The molecule has 0 radical (unpaired) electrons. The number of methoxy groups -OCH3 is 1. The second-order valence-corrected chi connectivity index (χ2v) is 4.97. The van der Waals surface area contributed by atoms with E-state index in [2.05, 4.69) is 5.32 Å². The molecule has 1 amide bonds. The molecular formula is C14H21NO4. The van der Waals surface area contributed by atoms with E-state index < -0.39 is 11.7 Å². The van der Waals surface area contributed by atoms with E-state index in [1.807, 2.05) is 0 Å². The van der Waals surface area contributed by atoms with Crippen molar-refractivity contribution in [1.29, 1.82) is 0 Å². The van der Waals surface area contributed by atoms with Crippen LogP contribution in [0.15, 0.2) is 24.3 Å². The van der Waals surface area contributed by atoms with Gasteiger partial charge in [-0.25, -0.2) is 0 Å². The van der Waals surface area contributed by atoms with Crippen LogP contribution in [-0.4, -0.2) is 36.4 Å². The average molecular weight is 267 g/mol. The molecule has 1 atom stereocenters. The monoisotopic (exact) mass is 267 g/mol. The fourth-order valence-corrected chi connectivity index (χ4v) is 1.36. The van der Waals surface area contributed by atoms with Crippen LogP contribution in [0.2, 0.25) is 0 Å². The van der Waals surface area contributed by atoms with Crippen molar-refractivity contribution in [3.05, 3.63) is 24.3 Å². The van der Waals surface area contributed by atoms with Crippen LogP contribution in [0.25, 0.3) is 0 Å². The Morgan fingerprint density at radius 1 is 1.32 bits per heavy atom. The van der Waals surface area contributed by atoms with Gasteiger partial charge in [0.2, 0.25) is 0 Å². The Balaban J connectivity index is 2.49. The summed E-state index contributed by atoms with van der Waals surface area (Å²) in [7, 11) is 1.59. The summed E-state index contributed by atoms with van der Waals surface area (Å²) in [4.78, 5) is 11.7. The summed E-state index contributed by atoms with van der Waals surface area (Å²) in [6.07, 6.45) is -0.629. The zero-order valence-electron chi connectivity index (χ0n) is 11.8. The van der Waals surface area contributed by atoms with E-state index in [9.17, 15) is 9.90 Å². The van der Waals surface area contributed by atoms with Gasteiger partial charge in [-0.1, -0.05) is 0 Å². The van der Waals surface area contributed by atoms with Gasteiger partial charge in [0.15, 0.2) is 6.10 Å². The molecule has 5 heteroatoms. The van der Waals surface area contributed by atoms with Crippen molar-refractivity contribution in [2.75, 3.05) is 13.7 Å². The molecule has 0 spiro atoms. The van der Waals surface area contributed by atoms with Gasteiger partial charge in [0.05, 0.1) is 12.7 Å². The first-order valence-corrected chi connectivity index (χ1v) is 6.12. The highest BCUT2D eigenvalue weighted by atomic mass is 16.5. The van der Waals surface area contributed by atoms with Crippen molar-refractivity contribution in [2.45, 2.75) is 32.5 Å². The molecule has 0 saturated carbocycles. The molecule has 1 aromatic rings. The molecule has 0 aliphatic heterocycles. The minimum absolute atomic E-state index is 0.183. The average Bonchev–Trinajstić information content (AvgIpc) is 2.36. The molecule has 0 aliphatic carbocycles. The van der Waals surface area contributed by atoms with Gasteiger partial charge in [-0.15, -0.1) is 0 Å². The van der Waals surface area contributed by atoms with Crippen molar-refractivity contribution < 1.29 is 19.4 Å². The number of ether oxygens (including phenoxy) is 2. The number of rotatable bonds is 6. The Kier molecular flexibility index (Phi) is 5.18. The number of nitrogens with one attached hydrogen (secondary N) is 1. The van der Waals surface area contributed by atoms with Gasteiger partial charge in [0.25, 0.3) is 5.91 Å². The lowest BCUT2D eigenvalue weighted by atomic mass is 10.1. The van der Waals surface area contributed by atoms with E-state index in [4.69, 9.17) is 9.47 Å². The fraction of sp³-hybridized carbons (Fsp3) is 0.500. The third-order valence-electron chi connectivity index (χ3n) is 2.44. The Morgan fingerprint density at radius 3 is 2.32 bits per heavy atom. The second kappa shape index (κ2) is 6.43. The smallest absolute Gasteiger partial charge is 0.260 e. The number of aliphatic hydroxyl groups is 1. The molecule has 5 nitrogen and oxygen atoms in total. The van der Waals surface area contributed by atoms with Crippen LogP contribution in [0.4, 0.5) is 0 Å². The van der Waals surface area contributed by atoms with Crippen LogP contribution >= 0.6 is 0 Å². The van der Waals surface area contributed by atoms with Crippen LogP contribution in [-0.2, 0) is 4.79 Å². The van der Waals surface area contributed by atoms with Crippen LogP contribution in [0, 0.1) is 0 Å². The van der Waals surface area contributed by atoms with Gasteiger partial charge in [-0.3, -0.25) is 4.79 Å². The van der Waals surface area contributed by atoms with Crippen LogP contribution in [0.3, 0.4) is 0 Å². The molecule has 0 heterocycles. The summed E-state index contributed by atoms with van der Waals surface area (Å²) in [5, 5.41) is 12.2. The van der Waals surface area contributed by atoms with E-state index in [0.717, 1.165) is 5.75 Å². The zero-order valence-corrected chi connectivity index (χ0v) is 11.8. The number of hydrogen-bond acceptors (Lipinski definition) is 4. The molecular weight excluding hydrogens is 246 g/mol. The van der Waals surface area contributed by atoms with Crippen LogP contribution < -0.4 is 14.8 Å². The lowest BCUT2D eigenvalue weighted by Crippen LogP contribution is -2.43. The Hall–Kier alpha value is -1.75. The van der Waals surface area contributed by atoms with Crippen molar-refractivity contribution in [3.8, 4) is 11.5 Å². The normalized spacial score (nSPS) is 12.7. The highest BCUT2D eigenvalue weighted by Gasteiger charge is 2.18. The maximum absolute atomic E-state index is 11.7. The second-order valence-electron chi connectivity index (χ2n) is 4.97. The molecule has 1 unspecified atom stereocenters. The molecule has 1 aromatic carbocycles. The lowest BCUT2D eigenvalue weighted by molar-refractivity contribution is -0.128. The van der Waals surface area contributed by atoms with Gasteiger partial charge in [-0.05, 0) is 45.0 Å². The van der Waals surface area contributed by atoms with E-state index in [1.165, 1.54) is 0 Å². The summed E-state index contributed by atoms with van der Waals surface area (Å²) in [6, 6.07) is 6.99. The van der Waals surface area contributed by atoms with Gasteiger partial charge < -0.3 is 19.9 Å². The summed E-state index contributed by atoms with van der Waals surface area (Å²) in [6.45, 7) is 5.09. The molecule has 0 bridgehead atoms. The molecule has 0 aliphatic rings. The van der Waals surface area contributed by atoms with E-state index >= 15 is 0 Å². The number of carbonyl (C=O) groups is 1. The molecule has 106 valence electrons. The summed E-state index contributed by atoms with van der Waals surface area (Å²) in [5.41, 5.74) is -0.935.